The van der Waals surface area contributed by atoms with E-state index in [2.05, 4.69) is 57.5 Å². The number of anilines is 3. The lowest BCUT2D eigenvalue weighted by Crippen LogP contribution is -2.49. The van der Waals surface area contributed by atoms with Gasteiger partial charge in [0.15, 0.2) is 0 Å². The summed E-state index contributed by atoms with van der Waals surface area (Å²) in [6, 6.07) is 22.4. The van der Waals surface area contributed by atoms with Crippen molar-refractivity contribution in [3.8, 4) is 0 Å². The molecule has 3 unspecified atom stereocenters. The zero-order chi connectivity index (χ0) is 51.8. The van der Waals surface area contributed by atoms with E-state index >= 15 is 0 Å². The fourth-order valence-corrected chi connectivity index (χ4v) is 7.93. The van der Waals surface area contributed by atoms with Gasteiger partial charge in [-0.15, -0.1) is 0 Å². The molecule has 16 heteroatoms. The molecule has 3 aromatic carbocycles. The van der Waals surface area contributed by atoms with Crippen molar-refractivity contribution in [1.82, 2.24) is 4.90 Å². The highest BCUT2D eigenvalue weighted by atomic mass is 16.5. The monoisotopic (exact) mass is 993 g/mol. The van der Waals surface area contributed by atoms with Crippen LogP contribution in [0.4, 0.5) is 17.1 Å². The van der Waals surface area contributed by atoms with Crippen LogP contribution < -0.4 is 16.0 Å². The summed E-state index contributed by atoms with van der Waals surface area (Å²) in [7, 11) is 0. The van der Waals surface area contributed by atoms with Crippen LogP contribution in [0.15, 0.2) is 121 Å². The van der Waals surface area contributed by atoms with E-state index in [0.29, 0.717) is 54.6 Å². The molecule has 0 bridgehead atoms. The summed E-state index contributed by atoms with van der Waals surface area (Å²) in [6.07, 6.45) is 22.1. The van der Waals surface area contributed by atoms with Crippen LogP contribution in [0.3, 0.4) is 0 Å². The number of nitrogens with zero attached hydrogens (tertiary/aromatic N) is 7. The van der Waals surface area contributed by atoms with Gasteiger partial charge in [0.25, 0.3) is 0 Å². The standard InChI is InChI=1S/C57H72N10O6/c1-7-13-19-40(10-4)37-71-49(68)31-28-43-22-16-25-46(34-43)58-52-61-55-63-53(59-47-26-17-23-44(35-47)29-32-50(69)72-38-41(11-5)20-14-8-2)65-57-66-54(64-56(62-52)67(55)57)60-48-27-18-24-45(36-48)30-33-51(70)73-39-42(12-6)21-15-9-3/h16-18,22-36,40-42H,7-15,19-21,37-39H2,1-6H3,(H3,58,59,60,61,62,63,64,65,66). The van der Waals surface area contributed by atoms with E-state index in [0.717, 1.165) is 93.7 Å². The molecule has 0 fully saturated rings. The molecule has 0 spiro atoms. The first-order valence-corrected chi connectivity index (χ1v) is 26.1. The highest BCUT2D eigenvalue weighted by Gasteiger charge is 2.35. The Hall–Kier alpha value is -7.49. The molecule has 3 aliphatic rings. The first-order valence-electron chi connectivity index (χ1n) is 26.1. The molecule has 386 valence electrons. The van der Waals surface area contributed by atoms with E-state index in [-0.39, 0.29) is 35.8 Å². The number of nitrogens with one attached hydrogen (secondary N) is 3. The molecule has 0 aliphatic carbocycles. The normalized spacial score (nSPS) is 15.3. The summed E-state index contributed by atoms with van der Waals surface area (Å²) in [6.45, 7) is 14.0. The minimum absolute atomic E-state index is 0.193. The zero-order valence-electron chi connectivity index (χ0n) is 43.3. The van der Waals surface area contributed by atoms with Crippen LogP contribution in [-0.2, 0) is 28.6 Å². The SMILES string of the molecule is CCCCC(CC)COC(=O)C=Cc1cccc(NC2=NC3=NC(Nc4cccc(C=CC(=O)OCC(CC)CCCC)c4)=NC4=NC(Nc5cccc(C=CC(=O)OCC(CC)CCCC)c5)=NC(=N2)N34)c1. The minimum Gasteiger partial charge on any atom is -0.462 e. The van der Waals surface area contributed by atoms with Crippen molar-refractivity contribution in [2.45, 2.75) is 119 Å². The lowest BCUT2D eigenvalue weighted by molar-refractivity contribution is -0.140. The van der Waals surface area contributed by atoms with Crippen molar-refractivity contribution in [3.63, 3.8) is 0 Å². The summed E-state index contributed by atoms with van der Waals surface area (Å²) < 4.78 is 16.7. The Kier molecular flexibility index (Phi) is 21.9. The van der Waals surface area contributed by atoms with Crippen molar-refractivity contribution < 1.29 is 28.6 Å². The van der Waals surface area contributed by atoms with E-state index in [1.54, 1.807) is 23.1 Å². The molecule has 16 nitrogen and oxygen atoms in total. The van der Waals surface area contributed by atoms with Gasteiger partial charge < -0.3 is 30.2 Å². The third-order valence-electron chi connectivity index (χ3n) is 12.5. The predicted molar refractivity (Wildman–Crippen MR) is 297 cm³/mol. The molecule has 0 radical (unpaired) electrons. The van der Waals surface area contributed by atoms with Crippen molar-refractivity contribution in [2.75, 3.05) is 35.8 Å². The quantitative estimate of drug-likeness (QED) is 0.0376. The van der Waals surface area contributed by atoms with Crippen LogP contribution in [0, 0.1) is 17.8 Å². The largest absolute Gasteiger partial charge is 0.462 e. The third kappa shape index (κ3) is 17.9. The summed E-state index contributed by atoms with van der Waals surface area (Å²) in [5.41, 5.74) is 4.24. The third-order valence-corrected chi connectivity index (χ3v) is 12.5. The molecule has 6 rings (SSSR count). The van der Waals surface area contributed by atoms with Gasteiger partial charge in [0.2, 0.25) is 35.8 Å². The molecule has 0 saturated heterocycles. The molecule has 3 aliphatic heterocycles. The number of hydrogen-bond donors (Lipinski definition) is 3. The van der Waals surface area contributed by atoms with Gasteiger partial charge >= 0.3 is 17.9 Å². The molecule has 0 aromatic heterocycles. The zero-order valence-corrected chi connectivity index (χ0v) is 43.3. The first-order chi connectivity index (χ1) is 35.6. The number of carbonyl (C=O) groups excluding carboxylic acids is 3. The number of hydrogen-bond acceptors (Lipinski definition) is 16. The average molecular weight is 993 g/mol. The van der Waals surface area contributed by atoms with Crippen LogP contribution in [0.2, 0.25) is 0 Å². The molecule has 3 N–H and O–H groups in total. The van der Waals surface area contributed by atoms with E-state index in [4.69, 9.17) is 44.2 Å². The molecule has 73 heavy (non-hydrogen) atoms. The lowest BCUT2D eigenvalue weighted by atomic mass is 10.0. The Bertz CT molecular complexity index is 2360. The number of aliphatic imine (C=N–C) groups is 6. The Morgan fingerprint density at radius 1 is 0.466 bits per heavy atom. The molecule has 3 atom stereocenters. The Morgan fingerprint density at radius 2 is 0.767 bits per heavy atom. The van der Waals surface area contributed by atoms with Gasteiger partial charge in [-0.3, -0.25) is 0 Å². The summed E-state index contributed by atoms with van der Waals surface area (Å²) in [5.74, 6) is 1.05. The summed E-state index contributed by atoms with van der Waals surface area (Å²) >= 11 is 0. The van der Waals surface area contributed by atoms with Gasteiger partial charge in [0.1, 0.15) is 0 Å². The Labute approximate surface area is 430 Å². The van der Waals surface area contributed by atoms with Crippen molar-refractivity contribution in [3.05, 3.63) is 108 Å². The second-order valence-electron chi connectivity index (χ2n) is 18.3. The average Bonchev–Trinajstić information content (AvgIpc) is 3.39. The summed E-state index contributed by atoms with van der Waals surface area (Å²) in [4.78, 5) is 68.1. The maximum Gasteiger partial charge on any atom is 0.330 e. The number of esters is 3. The Balaban J connectivity index is 1.22. The number of ether oxygens (including phenoxy) is 3. The highest BCUT2D eigenvalue weighted by Crippen LogP contribution is 2.23. The first kappa shape index (κ1) is 54.8. The number of unbranched alkanes of at least 4 members (excludes halogenated alkanes) is 3. The number of carbonyl (C=O) groups is 3. The van der Waals surface area contributed by atoms with E-state index < -0.39 is 17.9 Å². The van der Waals surface area contributed by atoms with Crippen molar-refractivity contribution >= 4 is 89.0 Å². The molecular formula is C57H72N10O6. The number of benzene rings is 3. The van der Waals surface area contributed by atoms with Crippen LogP contribution in [-0.4, -0.2) is 78.4 Å². The number of guanidine groups is 6. The fraction of sp³-hybridized carbons (Fsp3) is 0.421. The second-order valence-corrected chi connectivity index (χ2v) is 18.3. The molecular weight excluding hydrogens is 921 g/mol. The Morgan fingerprint density at radius 3 is 1.04 bits per heavy atom. The van der Waals surface area contributed by atoms with Gasteiger partial charge in [0.05, 0.1) is 19.8 Å². The fourth-order valence-electron chi connectivity index (χ4n) is 7.93. The minimum atomic E-state index is -0.391. The molecule has 3 heterocycles. The van der Waals surface area contributed by atoms with E-state index in [9.17, 15) is 14.4 Å². The van der Waals surface area contributed by atoms with Gasteiger partial charge in [-0.25, -0.2) is 19.3 Å². The summed E-state index contributed by atoms with van der Waals surface area (Å²) in [5, 5.41) is 9.84. The lowest BCUT2D eigenvalue weighted by Gasteiger charge is -2.30. The molecule has 0 saturated carbocycles. The van der Waals surface area contributed by atoms with E-state index in [1.165, 1.54) is 18.2 Å². The van der Waals surface area contributed by atoms with Crippen LogP contribution in [0.5, 0.6) is 0 Å². The topological polar surface area (TPSA) is 192 Å². The van der Waals surface area contributed by atoms with Gasteiger partial charge in [-0.05, 0) is 108 Å². The maximum absolute atomic E-state index is 12.7. The molecule has 0 amide bonds. The predicted octanol–water partition coefficient (Wildman–Crippen LogP) is 12.1. The van der Waals surface area contributed by atoms with Crippen LogP contribution in [0.1, 0.15) is 135 Å². The highest BCUT2D eigenvalue weighted by molar-refractivity contribution is 6.32. The smallest absolute Gasteiger partial charge is 0.330 e. The van der Waals surface area contributed by atoms with Gasteiger partial charge in [-0.1, -0.05) is 136 Å². The van der Waals surface area contributed by atoms with E-state index in [1.807, 2.05) is 72.8 Å². The van der Waals surface area contributed by atoms with Crippen molar-refractivity contribution in [2.24, 2.45) is 47.7 Å². The van der Waals surface area contributed by atoms with Gasteiger partial charge in [-0.2, -0.15) is 30.0 Å². The van der Waals surface area contributed by atoms with Crippen molar-refractivity contribution in [1.29, 1.82) is 0 Å². The molecule has 3 aromatic rings. The second kappa shape index (κ2) is 29.1. The van der Waals surface area contributed by atoms with Gasteiger partial charge in [0, 0.05) is 35.3 Å². The maximum atomic E-state index is 12.7. The van der Waals surface area contributed by atoms with Crippen LogP contribution >= 0.6 is 0 Å². The number of rotatable bonds is 27. The van der Waals surface area contributed by atoms with Crippen LogP contribution in [0.25, 0.3) is 18.2 Å².